The molecule has 3 aromatic rings. The van der Waals surface area contributed by atoms with Gasteiger partial charge in [-0.3, -0.25) is 25.2 Å². The molecule has 0 saturated heterocycles. The molecule has 0 radical (unpaired) electrons. The molecule has 0 heterocycles. The summed E-state index contributed by atoms with van der Waals surface area (Å²) in [6.07, 6.45) is 0.178. The Morgan fingerprint density at radius 2 is 1.23 bits per heavy atom. The van der Waals surface area contributed by atoms with Crippen LogP contribution in [-0.4, -0.2) is 30.9 Å². The van der Waals surface area contributed by atoms with E-state index in [2.05, 4.69) is 16.2 Å². The van der Waals surface area contributed by atoms with Crippen LogP contribution in [0.25, 0.3) is 11.1 Å². The highest BCUT2D eigenvalue weighted by molar-refractivity contribution is 5.87. The Kier molecular flexibility index (Phi) is 7.77. The van der Waals surface area contributed by atoms with Gasteiger partial charge in [0.05, 0.1) is 13.0 Å². The van der Waals surface area contributed by atoms with Crippen LogP contribution in [0.3, 0.4) is 0 Å². The molecule has 0 atom stereocenters. The number of rotatable bonds is 8. The van der Waals surface area contributed by atoms with Crippen LogP contribution in [0.15, 0.2) is 84.9 Å². The van der Waals surface area contributed by atoms with Gasteiger partial charge in [-0.25, -0.2) is 0 Å². The van der Waals surface area contributed by atoms with Gasteiger partial charge in [0.1, 0.15) is 5.75 Å². The van der Waals surface area contributed by atoms with Crippen LogP contribution >= 0.6 is 0 Å². The van der Waals surface area contributed by atoms with Crippen LogP contribution in [0.2, 0.25) is 0 Å². The summed E-state index contributed by atoms with van der Waals surface area (Å²) in [6.45, 7) is -0.501. The first kappa shape index (κ1) is 21.6. The molecule has 0 bridgehead atoms. The number of nitrogens with one attached hydrogen (secondary N) is 3. The van der Waals surface area contributed by atoms with Crippen LogP contribution in [0.4, 0.5) is 0 Å². The highest BCUT2D eigenvalue weighted by atomic mass is 16.5. The first-order chi connectivity index (χ1) is 15.1. The molecule has 0 aliphatic heterocycles. The fourth-order valence-electron chi connectivity index (χ4n) is 2.77. The smallest absolute Gasteiger partial charge is 0.276 e. The highest BCUT2D eigenvalue weighted by Crippen LogP contribution is 2.21. The normalized spacial score (nSPS) is 10.1. The topological polar surface area (TPSA) is 96.5 Å². The van der Waals surface area contributed by atoms with Gasteiger partial charge in [0.2, 0.25) is 5.91 Å². The van der Waals surface area contributed by atoms with E-state index < -0.39 is 11.8 Å². The molecule has 3 aromatic carbocycles. The molecule has 3 N–H and O–H groups in total. The van der Waals surface area contributed by atoms with Crippen molar-refractivity contribution in [1.82, 2.24) is 16.2 Å². The molecule has 0 aliphatic rings. The molecular weight excluding hydrogens is 394 g/mol. The summed E-state index contributed by atoms with van der Waals surface area (Å²) in [7, 11) is 0. The molecule has 3 amide bonds. The van der Waals surface area contributed by atoms with Gasteiger partial charge in [-0.1, -0.05) is 72.8 Å². The summed E-state index contributed by atoms with van der Waals surface area (Å²) in [5.74, 6) is -0.803. The summed E-state index contributed by atoms with van der Waals surface area (Å²) >= 11 is 0. The van der Waals surface area contributed by atoms with Crippen LogP contribution in [0.1, 0.15) is 5.56 Å². The molecule has 7 heteroatoms. The van der Waals surface area contributed by atoms with Crippen LogP contribution in [0, 0.1) is 0 Å². The van der Waals surface area contributed by atoms with Gasteiger partial charge in [0.25, 0.3) is 11.8 Å². The van der Waals surface area contributed by atoms with Crippen molar-refractivity contribution >= 4 is 17.7 Å². The Labute approximate surface area is 180 Å². The number of benzene rings is 3. The first-order valence-electron chi connectivity index (χ1n) is 9.77. The van der Waals surface area contributed by atoms with Gasteiger partial charge in [-0.15, -0.1) is 0 Å². The van der Waals surface area contributed by atoms with Crippen molar-refractivity contribution in [2.45, 2.75) is 6.42 Å². The van der Waals surface area contributed by atoms with E-state index in [9.17, 15) is 14.4 Å². The van der Waals surface area contributed by atoms with Gasteiger partial charge >= 0.3 is 0 Å². The van der Waals surface area contributed by atoms with Gasteiger partial charge in [-0.2, -0.15) is 0 Å². The van der Waals surface area contributed by atoms with Gasteiger partial charge in [-0.05, 0) is 28.8 Å². The number of hydrazine groups is 1. The fraction of sp³-hybridized carbons (Fsp3) is 0.125. The van der Waals surface area contributed by atoms with Crippen molar-refractivity contribution in [1.29, 1.82) is 0 Å². The summed E-state index contributed by atoms with van der Waals surface area (Å²) in [5, 5.41) is 2.50. The maximum absolute atomic E-state index is 11.9. The van der Waals surface area contributed by atoms with Crippen LogP contribution < -0.4 is 20.9 Å². The minimum Gasteiger partial charge on any atom is -0.484 e. The molecule has 158 valence electrons. The number of hydrogen-bond donors (Lipinski definition) is 3. The average molecular weight is 417 g/mol. The third kappa shape index (κ3) is 7.32. The monoisotopic (exact) mass is 417 g/mol. The van der Waals surface area contributed by atoms with E-state index in [1.54, 1.807) is 12.1 Å². The molecule has 0 unspecified atom stereocenters. The van der Waals surface area contributed by atoms with Gasteiger partial charge in [0, 0.05) is 0 Å². The zero-order valence-electron chi connectivity index (χ0n) is 16.8. The lowest BCUT2D eigenvalue weighted by Gasteiger charge is -2.10. The maximum Gasteiger partial charge on any atom is 0.276 e. The molecule has 0 aromatic heterocycles. The Bertz CT molecular complexity index is 1010. The first-order valence-corrected chi connectivity index (χ1v) is 9.77. The quantitative estimate of drug-likeness (QED) is 0.490. The standard InChI is InChI=1S/C24H23N3O4/c28-22(15-18-7-3-1-4-8-18)25-16-23(29)26-27-24(30)17-31-21-13-11-20(12-14-21)19-9-5-2-6-10-19/h1-14H,15-17H2,(H,25,28)(H,26,29)(H,27,30). The largest absolute Gasteiger partial charge is 0.484 e. The SMILES string of the molecule is O=C(Cc1ccccc1)NCC(=O)NNC(=O)COc1ccc(-c2ccccc2)cc1. The number of amides is 3. The Morgan fingerprint density at radius 3 is 1.90 bits per heavy atom. The van der Waals surface area contributed by atoms with E-state index in [0.717, 1.165) is 16.7 Å². The lowest BCUT2D eigenvalue weighted by atomic mass is 10.1. The number of carbonyl (C=O) groups is 3. The maximum atomic E-state index is 11.9. The Hall–Kier alpha value is -4.13. The number of carbonyl (C=O) groups excluding carboxylic acids is 3. The summed E-state index contributed by atoms with van der Waals surface area (Å²) in [6, 6.07) is 26.5. The van der Waals surface area contributed by atoms with Crippen molar-refractivity contribution in [2.75, 3.05) is 13.2 Å². The zero-order chi connectivity index (χ0) is 21.9. The number of ether oxygens (including phenoxy) is 1. The van der Waals surface area contributed by atoms with E-state index in [1.165, 1.54) is 0 Å². The highest BCUT2D eigenvalue weighted by Gasteiger charge is 2.08. The minimum atomic E-state index is -0.540. The number of hydrogen-bond acceptors (Lipinski definition) is 4. The van der Waals surface area contributed by atoms with E-state index in [4.69, 9.17) is 4.74 Å². The van der Waals surface area contributed by atoms with Gasteiger partial charge in [0.15, 0.2) is 6.61 Å². The van der Waals surface area contributed by atoms with E-state index >= 15 is 0 Å². The van der Waals surface area contributed by atoms with Crippen LogP contribution in [0.5, 0.6) is 5.75 Å². The van der Waals surface area contributed by atoms with Crippen molar-refractivity contribution in [3.8, 4) is 16.9 Å². The third-order valence-electron chi connectivity index (χ3n) is 4.33. The molecule has 3 rings (SSSR count). The van der Waals surface area contributed by atoms with Crippen molar-refractivity contribution in [2.24, 2.45) is 0 Å². The Morgan fingerprint density at radius 1 is 0.645 bits per heavy atom. The Balaban J connectivity index is 1.33. The third-order valence-corrected chi connectivity index (χ3v) is 4.33. The van der Waals surface area contributed by atoms with E-state index in [1.807, 2.05) is 72.8 Å². The molecule has 31 heavy (non-hydrogen) atoms. The molecular formula is C24H23N3O4. The van der Waals surface area contributed by atoms with E-state index in [0.29, 0.717) is 5.75 Å². The van der Waals surface area contributed by atoms with Crippen molar-refractivity contribution < 1.29 is 19.1 Å². The molecule has 0 spiro atoms. The van der Waals surface area contributed by atoms with Gasteiger partial charge < -0.3 is 10.1 Å². The lowest BCUT2D eigenvalue weighted by Crippen LogP contribution is -2.47. The predicted octanol–water partition coefficient (Wildman–Crippen LogP) is 2.24. The van der Waals surface area contributed by atoms with E-state index in [-0.39, 0.29) is 25.5 Å². The molecule has 7 nitrogen and oxygen atoms in total. The second-order valence-electron chi connectivity index (χ2n) is 6.71. The fourth-order valence-corrected chi connectivity index (χ4v) is 2.77. The summed E-state index contributed by atoms with van der Waals surface area (Å²) in [5.41, 5.74) is 7.46. The molecule has 0 saturated carbocycles. The lowest BCUT2D eigenvalue weighted by molar-refractivity contribution is -0.130. The van der Waals surface area contributed by atoms with Crippen molar-refractivity contribution in [3.05, 3.63) is 90.5 Å². The summed E-state index contributed by atoms with van der Waals surface area (Å²) in [4.78, 5) is 35.5. The second-order valence-corrected chi connectivity index (χ2v) is 6.71. The van der Waals surface area contributed by atoms with Crippen molar-refractivity contribution in [3.63, 3.8) is 0 Å². The molecule has 0 aliphatic carbocycles. The van der Waals surface area contributed by atoms with Crippen LogP contribution in [-0.2, 0) is 20.8 Å². The average Bonchev–Trinajstić information content (AvgIpc) is 2.81. The second kappa shape index (κ2) is 11.2. The molecule has 0 fully saturated rings. The summed E-state index contributed by atoms with van der Waals surface area (Å²) < 4.78 is 5.42. The predicted molar refractivity (Wildman–Crippen MR) is 117 cm³/mol. The minimum absolute atomic E-state index is 0.178. The zero-order valence-corrected chi connectivity index (χ0v) is 16.8.